The van der Waals surface area contributed by atoms with E-state index in [9.17, 15) is 0 Å². The SMILES string of the molecule is Cn1cc(CNC2CCN(c3ncccn3)CC2)nn1. The molecule has 0 aliphatic carbocycles. The Morgan fingerprint density at radius 2 is 2.00 bits per heavy atom. The Balaban J connectivity index is 1.47. The first kappa shape index (κ1) is 13.0. The Kier molecular flexibility index (Phi) is 3.87. The van der Waals surface area contributed by atoms with Crippen LogP contribution in [0.2, 0.25) is 0 Å². The molecule has 1 saturated heterocycles. The molecule has 0 aromatic carbocycles. The fourth-order valence-corrected chi connectivity index (χ4v) is 2.46. The Morgan fingerprint density at radius 3 is 2.65 bits per heavy atom. The van der Waals surface area contributed by atoms with Gasteiger partial charge in [-0.05, 0) is 18.9 Å². The molecule has 106 valence electrons. The van der Waals surface area contributed by atoms with Crippen molar-refractivity contribution in [2.24, 2.45) is 7.05 Å². The third-order valence-corrected chi connectivity index (χ3v) is 3.55. The molecule has 0 spiro atoms. The summed E-state index contributed by atoms with van der Waals surface area (Å²) in [5.41, 5.74) is 0.987. The number of nitrogens with zero attached hydrogens (tertiary/aromatic N) is 6. The minimum atomic E-state index is 0.525. The number of anilines is 1. The Hall–Kier alpha value is -2.02. The zero-order chi connectivity index (χ0) is 13.8. The first-order valence-electron chi connectivity index (χ1n) is 6.92. The van der Waals surface area contributed by atoms with E-state index >= 15 is 0 Å². The van der Waals surface area contributed by atoms with Gasteiger partial charge < -0.3 is 10.2 Å². The number of aryl methyl sites for hydroxylation is 1. The van der Waals surface area contributed by atoms with Gasteiger partial charge in [-0.3, -0.25) is 4.68 Å². The molecule has 3 heterocycles. The molecule has 7 heteroatoms. The highest BCUT2D eigenvalue weighted by Crippen LogP contribution is 2.15. The Bertz CT molecular complexity index is 531. The van der Waals surface area contributed by atoms with Crippen molar-refractivity contribution in [2.75, 3.05) is 18.0 Å². The number of aromatic nitrogens is 5. The predicted octanol–water partition coefficient (Wildman–Crippen LogP) is 0.364. The maximum absolute atomic E-state index is 4.30. The zero-order valence-corrected chi connectivity index (χ0v) is 11.6. The molecule has 0 unspecified atom stereocenters. The van der Waals surface area contributed by atoms with Crippen LogP contribution in [0.4, 0.5) is 5.95 Å². The molecule has 0 radical (unpaired) electrons. The monoisotopic (exact) mass is 273 g/mol. The maximum Gasteiger partial charge on any atom is 0.225 e. The normalized spacial score (nSPS) is 16.6. The van der Waals surface area contributed by atoms with E-state index in [1.165, 1.54) is 0 Å². The number of nitrogens with one attached hydrogen (secondary N) is 1. The average Bonchev–Trinajstić information content (AvgIpc) is 2.92. The van der Waals surface area contributed by atoms with Gasteiger partial charge in [0.05, 0.1) is 5.69 Å². The number of hydrogen-bond donors (Lipinski definition) is 1. The zero-order valence-electron chi connectivity index (χ0n) is 11.6. The van der Waals surface area contributed by atoms with Crippen LogP contribution in [0.1, 0.15) is 18.5 Å². The maximum atomic E-state index is 4.30. The van der Waals surface area contributed by atoms with Crippen LogP contribution in [0.3, 0.4) is 0 Å². The lowest BCUT2D eigenvalue weighted by Crippen LogP contribution is -2.42. The van der Waals surface area contributed by atoms with E-state index in [4.69, 9.17) is 0 Å². The lowest BCUT2D eigenvalue weighted by Gasteiger charge is -2.32. The average molecular weight is 273 g/mol. The van der Waals surface area contributed by atoms with Crippen molar-refractivity contribution in [3.63, 3.8) is 0 Å². The second-order valence-corrected chi connectivity index (χ2v) is 5.07. The first-order valence-corrected chi connectivity index (χ1v) is 6.92. The van der Waals surface area contributed by atoms with Gasteiger partial charge in [-0.25, -0.2) is 9.97 Å². The van der Waals surface area contributed by atoms with Gasteiger partial charge >= 0.3 is 0 Å². The molecule has 1 N–H and O–H groups in total. The van der Waals surface area contributed by atoms with Crippen LogP contribution >= 0.6 is 0 Å². The van der Waals surface area contributed by atoms with Gasteiger partial charge in [0.2, 0.25) is 5.95 Å². The van der Waals surface area contributed by atoms with Crippen molar-refractivity contribution in [3.05, 3.63) is 30.4 Å². The summed E-state index contributed by atoms with van der Waals surface area (Å²) in [6.07, 6.45) is 7.72. The molecule has 1 aliphatic heterocycles. The van der Waals surface area contributed by atoms with Crippen molar-refractivity contribution in [1.29, 1.82) is 0 Å². The van der Waals surface area contributed by atoms with E-state index in [0.717, 1.165) is 44.1 Å². The van der Waals surface area contributed by atoms with Crippen LogP contribution in [0.15, 0.2) is 24.7 Å². The van der Waals surface area contributed by atoms with E-state index in [1.807, 2.05) is 19.3 Å². The summed E-state index contributed by atoms with van der Waals surface area (Å²) in [6.45, 7) is 2.75. The van der Waals surface area contributed by atoms with Crippen molar-refractivity contribution in [3.8, 4) is 0 Å². The standard InChI is InChI=1S/C13H19N7/c1-19-10-12(17-18-19)9-16-11-3-7-20(8-4-11)13-14-5-2-6-15-13/h2,5-6,10-11,16H,3-4,7-9H2,1H3. The number of hydrogen-bond acceptors (Lipinski definition) is 6. The van der Waals surface area contributed by atoms with E-state index in [0.29, 0.717) is 6.04 Å². The van der Waals surface area contributed by atoms with Crippen LogP contribution < -0.4 is 10.2 Å². The molecule has 2 aromatic rings. The fourth-order valence-electron chi connectivity index (χ4n) is 2.46. The highest BCUT2D eigenvalue weighted by atomic mass is 15.4. The summed E-state index contributed by atoms with van der Waals surface area (Å²) in [5, 5.41) is 11.6. The third-order valence-electron chi connectivity index (χ3n) is 3.55. The first-order chi connectivity index (χ1) is 9.81. The smallest absolute Gasteiger partial charge is 0.225 e. The third kappa shape index (κ3) is 3.11. The topological polar surface area (TPSA) is 71.8 Å². The Labute approximate surface area is 118 Å². The fraction of sp³-hybridized carbons (Fsp3) is 0.538. The molecule has 0 saturated carbocycles. The predicted molar refractivity (Wildman–Crippen MR) is 75.1 cm³/mol. The molecule has 20 heavy (non-hydrogen) atoms. The van der Waals surface area contributed by atoms with Crippen molar-refractivity contribution < 1.29 is 0 Å². The van der Waals surface area contributed by atoms with Gasteiger partial charge in [0.25, 0.3) is 0 Å². The van der Waals surface area contributed by atoms with Gasteiger partial charge in [-0.2, -0.15) is 0 Å². The second kappa shape index (κ2) is 5.96. The quantitative estimate of drug-likeness (QED) is 0.867. The molecule has 0 atom stereocenters. The minimum absolute atomic E-state index is 0.525. The van der Waals surface area contributed by atoms with Crippen LogP contribution in [0, 0.1) is 0 Å². The van der Waals surface area contributed by atoms with Gasteiger partial charge in [-0.15, -0.1) is 5.10 Å². The van der Waals surface area contributed by atoms with Crippen LogP contribution in [-0.2, 0) is 13.6 Å². The summed E-state index contributed by atoms with van der Waals surface area (Å²) in [4.78, 5) is 10.8. The number of piperidine rings is 1. The summed E-state index contributed by atoms with van der Waals surface area (Å²) < 4.78 is 1.73. The van der Waals surface area contributed by atoms with Crippen LogP contribution in [0.5, 0.6) is 0 Å². The van der Waals surface area contributed by atoms with E-state index < -0.39 is 0 Å². The lowest BCUT2D eigenvalue weighted by molar-refractivity contribution is 0.409. The molecular weight excluding hydrogens is 254 g/mol. The van der Waals surface area contributed by atoms with Gasteiger partial charge in [0.1, 0.15) is 0 Å². The Morgan fingerprint density at radius 1 is 1.25 bits per heavy atom. The molecule has 0 amide bonds. The summed E-state index contributed by atoms with van der Waals surface area (Å²) in [6, 6.07) is 2.37. The summed E-state index contributed by atoms with van der Waals surface area (Å²) >= 11 is 0. The van der Waals surface area contributed by atoms with Crippen molar-refractivity contribution in [2.45, 2.75) is 25.4 Å². The second-order valence-electron chi connectivity index (χ2n) is 5.07. The van der Waals surface area contributed by atoms with Gasteiger partial charge in [0, 0.05) is 51.3 Å². The molecule has 1 fully saturated rings. The van der Waals surface area contributed by atoms with Crippen LogP contribution in [0.25, 0.3) is 0 Å². The molecule has 0 bridgehead atoms. The molecule has 7 nitrogen and oxygen atoms in total. The molecular formula is C13H19N7. The minimum Gasteiger partial charge on any atom is -0.341 e. The molecule has 2 aromatic heterocycles. The van der Waals surface area contributed by atoms with Crippen LogP contribution in [-0.4, -0.2) is 44.1 Å². The molecule has 1 aliphatic rings. The number of rotatable bonds is 4. The summed E-state index contributed by atoms with van der Waals surface area (Å²) in [7, 11) is 1.88. The lowest BCUT2D eigenvalue weighted by atomic mass is 10.1. The summed E-state index contributed by atoms with van der Waals surface area (Å²) in [5.74, 6) is 0.833. The largest absolute Gasteiger partial charge is 0.341 e. The van der Waals surface area contributed by atoms with E-state index in [2.05, 4.69) is 30.5 Å². The highest BCUT2D eigenvalue weighted by molar-refractivity contribution is 5.29. The van der Waals surface area contributed by atoms with E-state index in [-0.39, 0.29) is 0 Å². The molecule has 3 rings (SSSR count). The van der Waals surface area contributed by atoms with Gasteiger partial charge in [0.15, 0.2) is 0 Å². The van der Waals surface area contributed by atoms with Crippen molar-refractivity contribution >= 4 is 5.95 Å². The van der Waals surface area contributed by atoms with Crippen molar-refractivity contribution in [1.82, 2.24) is 30.3 Å². The van der Waals surface area contributed by atoms with Gasteiger partial charge in [-0.1, -0.05) is 5.21 Å². The highest BCUT2D eigenvalue weighted by Gasteiger charge is 2.20. The van der Waals surface area contributed by atoms with E-state index in [1.54, 1.807) is 17.1 Å².